The van der Waals surface area contributed by atoms with Gasteiger partial charge in [0.15, 0.2) is 0 Å². The van der Waals surface area contributed by atoms with Gasteiger partial charge in [-0.25, -0.2) is 4.79 Å². The van der Waals surface area contributed by atoms with Crippen molar-refractivity contribution in [3.05, 3.63) is 0 Å². The van der Waals surface area contributed by atoms with E-state index in [2.05, 4.69) is 4.74 Å². The number of esters is 2. The second-order valence-corrected chi connectivity index (χ2v) is 1.44. The van der Waals surface area contributed by atoms with Gasteiger partial charge in [0.2, 0.25) is 5.78 Å². The summed E-state index contributed by atoms with van der Waals surface area (Å²) in [5.74, 6) is -2.65. The Balaban J connectivity index is 0. The standard InChI is InChI=1S/C5H6O4.Ba.2H/c1-3(6)5(8)9-4(2)7;;;/h1-2H3;;;. The topological polar surface area (TPSA) is 60.4 Å². The van der Waals surface area contributed by atoms with Crippen LogP contribution in [0.2, 0.25) is 0 Å². The van der Waals surface area contributed by atoms with E-state index in [9.17, 15) is 14.4 Å². The number of ether oxygens (including phenoxy) is 1. The Morgan fingerprint density at radius 1 is 1.10 bits per heavy atom. The molecule has 10 heavy (non-hydrogen) atoms. The van der Waals surface area contributed by atoms with Crippen LogP contribution in [-0.4, -0.2) is 66.6 Å². The Hall–Kier alpha value is 0.381. The Labute approximate surface area is 98.4 Å². The minimum absolute atomic E-state index is 0. The molecule has 0 aliphatic carbocycles. The molecule has 0 amide bonds. The molecule has 0 aliphatic heterocycles. The van der Waals surface area contributed by atoms with Crippen molar-refractivity contribution in [2.45, 2.75) is 13.8 Å². The van der Waals surface area contributed by atoms with E-state index in [1.807, 2.05) is 0 Å². The van der Waals surface area contributed by atoms with Crippen LogP contribution in [0.25, 0.3) is 0 Å². The molecule has 0 aromatic carbocycles. The van der Waals surface area contributed by atoms with Gasteiger partial charge in [0.1, 0.15) is 0 Å². The van der Waals surface area contributed by atoms with Crippen LogP contribution in [0.1, 0.15) is 13.8 Å². The zero-order valence-electron chi connectivity index (χ0n) is 5.13. The number of Topliss-reactive ketones (excluding diaryl/α,β-unsaturated/α-hetero) is 1. The predicted octanol–water partition coefficient (Wildman–Crippen LogP) is -1.25. The molecular formula is C5H8BaO4. The van der Waals surface area contributed by atoms with Crippen LogP contribution in [0, 0.1) is 0 Å². The zero-order valence-corrected chi connectivity index (χ0v) is 5.13. The summed E-state index contributed by atoms with van der Waals surface area (Å²) in [7, 11) is 0. The van der Waals surface area contributed by atoms with Crippen molar-refractivity contribution in [3.8, 4) is 0 Å². The van der Waals surface area contributed by atoms with Crippen LogP contribution < -0.4 is 0 Å². The van der Waals surface area contributed by atoms with Gasteiger partial charge in [0, 0.05) is 13.8 Å². The summed E-state index contributed by atoms with van der Waals surface area (Å²) in [5.41, 5.74) is 0. The molecule has 0 aromatic rings. The first-order valence-corrected chi connectivity index (χ1v) is 2.27. The summed E-state index contributed by atoms with van der Waals surface area (Å²) in [6.07, 6.45) is 0. The first-order valence-electron chi connectivity index (χ1n) is 2.27. The SMILES string of the molecule is CC(=O)OC(=O)C(C)=O.[BaH2]. The molecule has 0 saturated carbocycles. The molecule has 0 spiro atoms. The Kier molecular flexibility index (Phi) is 7.95. The van der Waals surface area contributed by atoms with Crippen molar-refractivity contribution in [3.63, 3.8) is 0 Å². The third kappa shape index (κ3) is 6.50. The van der Waals surface area contributed by atoms with Crippen LogP contribution in [0.5, 0.6) is 0 Å². The van der Waals surface area contributed by atoms with E-state index in [-0.39, 0.29) is 48.9 Å². The zero-order chi connectivity index (χ0) is 7.44. The second-order valence-electron chi connectivity index (χ2n) is 1.44. The van der Waals surface area contributed by atoms with Crippen molar-refractivity contribution >= 4 is 66.6 Å². The van der Waals surface area contributed by atoms with Crippen LogP contribution in [0.4, 0.5) is 0 Å². The van der Waals surface area contributed by atoms with Crippen molar-refractivity contribution in [2.75, 3.05) is 0 Å². The summed E-state index contributed by atoms with van der Waals surface area (Å²) >= 11 is 0. The van der Waals surface area contributed by atoms with Crippen LogP contribution in [-0.2, 0) is 19.1 Å². The van der Waals surface area contributed by atoms with E-state index < -0.39 is 17.7 Å². The maximum atomic E-state index is 10.2. The third-order valence-corrected chi connectivity index (χ3v) is 0.524. The molecule has 0 N–H and O–H groups in total. The van der Waals surface area contributed by atoms with Gasteiger partial charge in [0.05, 0.1) is 0 Å². The molecule has 4 nitrogen and oxygen atoms in total. The fraction of sp³-hybridized carbons (Fsp3) is 0.400. The molecule has 0 aromatic heterocycles. The molecule has 0 saturated heterocycles. The molecule has 0 fully saturated rings. The van der Waals surface area contributed by atoms with E-state index in [1.54, 1.807) is 0 Å². The normalized spacial score (nSPS) is 7.40. The van der Waals surface area contributed by atoms with E-state index >= 15 is 0 Å². The first kappa shape index (κ1) is 13.0. The molecule has 0 bridgehead atoms. The molecule has 0 unspecified atom stereocenters. The van der Waals surface area contributed by atoms with E-state index in [4.69, 9.17) is 0 Å². The Morgan fingerprint density at radius 2 is 1.50 bits per heavy atom. The fourth-order valence-electron chi connectivity index (χ4n) is 0.202. The molecule has 0 radical (unpaired) electrons. The van der Waals surface area contributed by atoms with Gasteiger partial charge in [-0.2, -0.15) is 0 Å². The Morgan fingerprint density at radius 3 is 1.60 bits per heavy atom. The third-order valence-electron chi connectivity index (χ3n) is 0.524. The fourth-order valence-corrected chi connectivity index (χ4v) is 0.202. The van der Waals surface area contributed by atoms with E-state index in [1.165, 1.54) is 0 Å². The van der Waals surface area contributed by atoms with Crippen molar-refractivity contribution < 1.29 is 19.1 Å². The van der Waals surface area contributed by atoms with Crippen LogP contribution >= 0.6 is 0 Å². The Bertz CT molecular complexity index is 163. The molecule has 5 heteroatoms. The molecule has 0 aliphatic rings. The summed E-state index contributed by atoms with van der Waals surface area (Å²) in [6, 6.07) is 0. The van der Waals surface area contributed by atoms with Crippen molar-refractivity contribution in [2.24, 2.45) is 0 Å². The predicted molar refractivity (Wildman–Crippen MR) is 36.0 cm³/mol. The second kappa shape index (κ2) is 6.11. The molecule has 54 valence electrons. The summed E-state index contributed by atoms with van der Waals surface area (Å²) in [6.45, 7) is 2.09. The van der Waals surface area contributed by atoms with Gasteiger partial charge in [-0.05, 0) is 0 Å². The monoisotopic (exact) mass is 270 g/mol. The van der Waals surface area contributed by atoms with Crippen LogP contribution in [0.3, 0.4) is 0 Å². The van der Waals surface area contributed by atoms with Crippen LogP contribution in [0.15, 0.2) is 0 Å². The number of ketones is 1. The quantitative estimate of drug-likeness (QED) is 0.258. The molecule has 0 heterocycles. The van der Waals surface area contributed by atoms with Crippen molar-refractivity contribution in [1.82, 2.24) is 0 Å². The number of hydrogen-bond donors (Lipinski definition) is 0. The number of carbonyl (C=O) groups excluding carboxylic acids is 3. The van der Waals surface area contributed by atoms with Gasteiger partial charge in [-0.15, -0.1) is 0 Å². The average Bonchev–Trinajstić information content (AvgIpc) is 1.63. The van der Waals surface area contributed by atoms with E-state index in [0.717, 1.165) is 13.8 Å². The maximum absolute atomic E-state index is 10.2. The van der Waals surface area contributed by atoms with Gasteiger partial charge < -0.3 is 4.74 Å². The summed E-state index contributed by atoms with van der Waals surface area (Å²) < 4.78 is 3.88. The first-order chi connectivity index (χ1) is 4.04. The van der Waals surface area contributed by atoms with Gasteiger partial charge >= 0.3 is 60.8 Å². The summed E-state index contributed by atoms with van der Waals surface area (Å²) in [5, 5.41) is 0. The van der Waals surface area contributed by atoms with Gasteiger partial charge in [-0.3, -0.25) is 9.59 Å². The van der Waals surface area contributed by atoms with Crippen molar-refractivity contribution in [1.29, 1.82) is 0 Å². The van der Waals surface area contributed by atoms with Gasteiger partial charge in [-0.1, -0.05) is 0 Å². The molecular weight excluding hydrogens is 261 g/mol. The van der Waals surface area contributed by atoms with Gasteiger partial charge in [0.25, 0.3) is 0 Å². The molecule has 0 rings (SSSR count). The number of rotatable bonds is 1. The number of carbonyl (C=O) groups is 3. The summed E-state index contributed by atoms with van der Waals surface area (Å²) in [4.78, 5) is 30.2. The average molecular weight is 269 g/mol. The number of hydrogen-bond acceptors (Lipinski definition) is 4. The molecule has 0 atom stereocenters. The van der Waals surface area contributed by atoms with E-state index in [0.29, 0.717) is 0 Å². The minimum atomic E-state index is -1.11.